The molecule has 11 heavy (non-hydrogen) atoms. The van der Waals surface area contributed by atoms with E-state index in [1.165, 1.54) is 4.90 Å². The second-order valence-electron chi connectivity index (χ2n) is 1.73. The second-order valence-corrected chi connectivity index (χ2v) is 2.11. The van der Waals surface area contributed by atoms with Gasteiger partial charge in [-0.3, -0.25) is 0 Å². The number of hydrogen-bond donors (Lipinski definition) is 1. The minimum atomic E-state index is 0.146. The highest BCUT2D eigenvalue weighted by Gasteiger charge is 2.04. The van der Waals surface area contributed by atoms with Crippen molar-refractivity contribution in [2.45, 2.75) is 0 Å². The van der Waals surface area contributed by atoms with Crippen molar-refractivity contribution >= 4 is 17.3 Å². The largest absolute Gasteiger partial charge is 0.366 e. The van der Waals surface area contributed by atoms with Crippen LogP contribution in [-0.2, 0) is 0 Å². The molecule has 0 aliphatic rings. The van der Waals surface area contributed by atoms with Crippen LogP contribution in [0.4, 0.5) is 0 Å². The van der Waals surface area contributed by atoms with Crippen molar-refractivity contribution in [1.29, 1.82) is 10.5 Å². The number of nitrogens with one attached hydrogen (secondary N) is 1. The molecule has 0 bridgehead atoms. The van der Waals surface area contributed by atoms with E-state index in [0.29, 0.717) is 5.11 Å². The summed E-state index contributed by atoms with van der Waals surface area (Å²) in [4.78, 5) is 1.48. The van der Waals surface area contributed by atoms with Crippen molar-refractivity contribution in [2.24, 2.45) is 0 Å². The fourth-order valence-electron chi connectivity index (χ4n) is 0.528. The van der Waals surface area contributed by atoms with E-state index < -0.39 is 0 Å². The van der Waals surface area contributed by atoms with Crippen LogP contribution in [0.1, 0.15) is 0 Å². The lowest BCUT2D eigenvalue weighted by molar-refractivity contribution is 0.517. The third-order valence-corrected chi connectivity index (χ3v) is 1.49. The first kappa shape index (κ1) is 9.67. The first-order valence-corrected chi connectivity index (χ1v) is 3.37. The molecule has 0 aromatic heterocycles. The van der Waals surface area contributed by atoms with Crippen LogP contribution in [0, 0.1) is 22.7 Å². The Morgan fingerprint density at radius 2 is 1.91 bits per heavy atom. The number of thiocarbonyl (C=S) groups is 1. The van der Waals surface area contributed by atoms with Crippen LogP contribution in [-0.4, -0.2) is 30.1 Å². The Hall–Kier alpha value is -1.33. The summed E-state index contributed by atoms with van der Waals surface area (Å²) in [7, 11) is 1.66. The van der Waals surface area contributed by atoms with Gasteiger partial charge >= 0.3 is 0 Å². The quantitative estimate of drug-likeness (QED) is 0.458. The molecule has 0 aromatic carbocycles. The van der Waals surface area contributed by atoms with Crippen LogP contribution in [0.2, 0.25) is 0 Å². The Balaban J connectivity index is 4.02. The molecule has 0 amide bonds. The van der Waals surface area contributed by atoms with Gasteiger partial charge < -0.3 is 10.2 Å². The monoisotopic (exact) mass is 168 g/mol. The molecule has 5 heteroatoms. The minimum Gasteiger partial charge on any atom is -0.366 e. The molecule has 1 N–H and O–H groups in total. The summed E-state index contributed by atoms with van der Waals surface area (Å²) in [5, 5.41) is 19.8. The maximum absolute atomic E-state index is 8.32. The van der Waals surface area contributed by atoms with Gasteiger partial charge in [-0.25, -0.2) is 0 Å². The van der Waals surface area contributed by atoms with Crippen LogP contribution in [0.3, 0.4) is 0 Å². The topological polar surface area (TPSA) is 62.9 Å². The molecule has 0 saturated carbocycles. The van der Waals surface area contributed by atoms with Gasteiger partial charge in [-0.2, -0.15) is 10.5 Å². The van der Waals surface area contributed by atoms with E-state index in [9.17, 15) is 0 Å². The Morgan fingerprint density at radius 3 is 2.18 bits per heavy atom. The minimum absolute atomic E-state index is 0.146. The molecule has 0 aliphatic carbocycles. The normalized spacial score (nSPS) is 7.55. The summed E-state index contributed by atoms with van der Waals surface area (Å²) in [6.45, 7) is 0.292. The SMILES string of the molecule is CNC(=S)N(CC#N)CC#N. The van der Waals surface area contributed by atoms with E-state index in [4.69, 9.17) is 22.7 Å². The van der Waals surface area contributed by atoms with Crippen LogP contribution in [0.5, 0.6) is 0 Å². The molecule has 0 radical (unpaired) electrons. The molecule has 0 aliphatic heterocycles. The van der Waals surface area contributed by atoms with Crippen molar-refractivity contribution in [3.63, 3.8) is 0 Å². The lowest BCUT2D eigenvalue weighted by atomic mass is 10.5. The maximum atomic E-state index is 8.32. The predicted molar refractivity (Wildman–Crippen MR) is 44.5 cm³/mol. The Labute approximate surface area is 71.0 Å². The van der Waals surface area contributed by atoms with Crippen molar-refractivity contribution in [3.8, 4) is 12.1 Å². The van der Waals surface area contributed by atoms with Gasteiger partial charge in [-0.15, -0.1) is 0 Å². The van der Waals surface area contributed by atoms with E-state index in [0.717, 1.165) is 0 Å². The highest BCUT2D eigenvalue weighted by Crippen LogP contribution is 1.86. The number of nitriles is 2. The Morgan fingerprint density at radius 1 is 1.45 bits per heavy atom. The summed E-state index contributed by atoms with van der Waals surface area (Å²) < 4.78 is 0. The Bertz CT molecular complexity index is 196. The molecule has 0 spiro atoms. The zero-order valence-corrected chi connectivity index (χ0v) is 6.98. The van der Waals surface area contributed by atoms with Gasteiger partial charge in [0.2, 0.25) is 0 Å². The standard InChI is InChI=1S/C6H8N4S/c1-9-6(11)10(4-2-7)5-3-8/h4-5H2,1H3,(H,9,11). The van der Waals surface area contributed by atoms with E-state index in [1.807, 2.05) is 12.1 Å². The maximum Gasteiger partial charge on any atom is 0.170 e. The highest BCUT2D eigenvalue weighted by atomic mass is 32.1. The third-order valence-electron chi connectivity index (χ3n) is 1.02. The van der Waals surface area contributed by atoms with E-state index >= 15 is 0 Å². The predicted octanol–water partition coefficient (Wildman–Crippen LogP) is -0.160. The molecule has 0 fully saturated rings. The summed E-state index contributed by atoms with van der Waals surface area (Å²) >= 11 is 4.82. The van der Waals surface area contributed by atoms with E-state index in [2.05, 4.69) is 5.32 Å². The zero-order chi connectivity index (χ0) is 8.69. The lowest BCUT2D eigenvalue weighted by Crippen LogP contribution is -2.38. The summed E-state index contributed by atoms with van der Waals surface area (Å²) in [5.74, 6) is 0. The zero-order valence-electron chi connectivity index (χ0n) is 6.16. The van der Waals surface area contributed by atoms with Crippen LogP contribution in [0.25, 0.3) is 0 Å². The molecular weight excluding hydrogens is 160 g/mol. The molecule has 0 atom stereocenters. The van der Waals surface area contributed by atoms with Gasteiger partial charge in [0.15, 0.2) is 5.11 Å². The third kappa shape index (κ3) is 3.39. The summed E-state index contributed by atoms with van der Waals surface area (Å²) in [6.07, 6.45) is 0. The second kappa shape index (κ2) is 5.45. The average molecular weight is 168 g/mol. The molecule has 0 saturated heterocycles. The fraction of sp³-hybridized carbons (Fsp3) is 0.500. The van der Waals surface area contributed by atoms with Gasteiger partial charge in [-0.05, 0) is 12.2 Å². The molecular formula is C6H8N4S. The molecule has 0 heterocycles. The van der Waals surface area contributed by atoms with Gasteiger partial charge in [0.1, 0.15) is 13.1 Å². The average Bonchev–Trinajstić information content (AvgIpc) is 2.03. The number of nitrogens with zero attached hydrogens (tertiary/aromatic N) is 3. The first-order valence-electron chi connectivity index (χ1n) is 2.96. The van der Waals surface area contributed by atoms with Crippen molar-refractivity contribution < 1.29 is 0 Å². The first-order chi connectivity index (χ1) is 5.26. The number of rotatable bonds is 2. The van der Waals surface area contributed by atoms with Crippen molar-refractivity contribution in [3.05, 3.63) is 0 Å². The van der Waals surface area contributed by atoms with Gasteiger partial charge in [0, 0.05) is 7.05 Å². The van der Waals surface area contributed by atoms with Crippen molar-refractivity contribution in [1.82, 2.24) is 10.2 Å². The molecule has 0 aromatic rings. The smallest absolute Gasteiger partial charge is 0.170 e. The van der Waals surface area contributed by atoms with Crippen LogP contribution in [0.15, 0.2) is 0 Å². The van der Waals surface area contributed by atoms with Crippen molar-refractivity contribution in [2.75, 3.05) is 20.1 Å². The number of hydrogen-bond acceptors (Lipinski definition) is 3. The van der Waals surface area contributed by atoms with E-state index in [1.54, 1.807) is 7.05 Å². The molecule has 58 valence electrons. The Kier molecular flexibility index (Phi) is 4.80. The van der Waals surface area contributed by atoms with Gasteiger partial charge in [-0.1, -0.05) is 0 Å². The van der Waals surface area contributed by atoms with E-state index in [-0.39, 0.29) is 13.1 Å². The van der Waals surface area contributed by atoms with Gasteiger partial charge in [0.05, 0.1) is 12.1 Å². The summed E-state index contributed by atoms with van der Waals surface area (Å²) in [5.41, 5.74) is 0. The highest BCUT2D eigenvalue weighted by molar-refractivity contribution is 7.80. The molecule has 0 rings (SSSR count). The molecule has 4 nitrogen and oxygen atoms in total. The van der Waals surface area contributed by atoms with Gasteiger partial charge in [0.25, 0.3) is 0 Å². The summed E-state index contributed by atoms with van der Waals surface area (Å²) in [6, 6.07) is 3.83. The fourth-order valence-corrected chi connectivity index (χ4v) is 0.657. The van der Waals surface area contributed by atoms with Crippen LogP contribution >= 0.6 is 12.2 Å². The lowest BCUT2D eigenvalue weighted by Gasteiger charge is -2.17. The van der Waals surface area contributed by atoms with Crippen LogP contribution < -0.4 is 5.32 Å². The molecule has 0 unspecified atom stereocenters.